The minimum Gasteiger partial charge on any atom is -0.493 e. The molecule has 0 radical (unpaired) electrons. The molecule has 0 unspecified atom stereocenters. The third kappa shape index (κ3) is 2.85. The summed E-state index contributed by atoms with van der Waals surface area (Å²) in [5.41, 5.74) is 0.561. The molecule has 3 aromatic rings. The van der Waals surface area contributed by atoms with Gasteiger partial charge in [0.15, 0.2) is 23.2 Å². The van der Waals surface area contributed by atoms with E-state index in [1.54, 1.807) is 31.1 Å². The van der Waals surface area contributed by atoms with Crippen LogP contribution in [0.3, 0.4) is 0 Å². The summed E-state index contributed by atoms with van der Waals surface area (Å²) in [4.78, 5) is 14.5. The Morgan fingerprint density at radius 2 is 2.20 bits per heavy atom. The second-order valence-corrected chi connectivity index (χ2v) is 5.76. The second-order valence-electron chi connectivity index (χ2n) is 5.76. The van der Waals surface area contributed by atoms with Crippen LogP contribution in [0.15, 0.2) is 33.1 Å². The predicted molar refractivity (Wildman–Crippen MR) is 86.4 cm³/mol. The van der Waals surface area contributed by atoms with E-state index in [1.165, 1.54) is 0 Å². The Morgan fingerprint density at radius 3 is 2.96 bits per heavy atom. The molecule has 1 amide bonds. The van der Waals surface area contributed by atoms with Crippen LogP contribution >= 0.6 is 0 Å². The van der Waals surface area contributed by atoms with Gasteiger partial charge in [-0.15, -0.1) is 10.2 Å². The van der Waals surface area contributed by atoms with Gasteiger partial charge in [-0.2, -0.15) is 0 Å². The highest BCUT2D eigenvalue weighted by Gasteiger charge is 2.31. The average Bonchev–Trinajstić information content (AvgIpc) is 3.27. The van der Waals surface area contributed by atoms with Gasteiger partial charge < -0.3 is 23.2 Å². The molecule has 0 aliphatic carbocycles. The molecule has 8 heteroatoms. The number of ether oxygens (including phenoxy) is 2. The Hall–Kier alpha value is -2.87. The van der Waals surface area contributed by atoms with Gasteiger partial charge in [-0.05, 0) is 12.1 Å². The second kappa shape index (κ2) is 6.21. The molecule has 2 aromatic heterocycles. The summed E-state index contributed by atoms with van der Waals surface area (Å²) in [5, 5.41) is 8.60. The molecule has 3 heterocycles. The van der Waals surface area contributed by atoms with Crippen molar-refractivity contribution in [2.75, 3.05) is 26.8 Å². The maximum Gasteiger partial charge on any atom is 0.289 e. The van der Waals surface area contributed by atoms with Crippen LogP contribution < -0.4 is 4.74 Å². The number of hydrogen-bond donors (Lipinski definition) is 0. The highest BCUT2D eigenvalue weighted by Crippen LogP contribution is 2.30. The van der Waals surface area contributed by atoms with Gasteiger partial charge in [0.2, 0.25) is 11.8 Å². The summed E-state index contributed by atoms with van der Waals surface area (Å²) >= 11 is 0. The van der Waals surface area contributed by atoms with Gasteiger partial charge in [-0.3, -0.25) is 4.79 Å². The zero-order chi connectivity index (χ0) is 17.4. The lowest BCUT2D eigenvalue weighted by atomic mass is 10.2. The SMILES string of the molecule is COc1cccc2cc(C(=O)N3CCO[C@H](c4nnc(C)o4)C3)oc12. The molecule has 1 fully saturated rings. The van der Waals surface area contributed by atoms with E-state index in [2.05, 4.69) is 10.2 Å². The van der Waals surface area contributed by atoms with E-state index in [0.717, 1.165) is 5.39 Å². The fourth-order valence-electron chi connectivity index (χ4n) is 2.88. The number of amides is 1. The van der Waals surface area contributed by atoms with Crippen LogP contribution in [-0.2, 0) is 4.74 Å². The van der Waals surface area contributed by atoms with E-state index >= 15 is 0 Å². The van der Waals surface area contributed by atoms with Crippen molar-refractivity contribution in [3.63, 3.8) is 0 Å². The van der Waals surface area contributed by atoms with Crippen molar-refractivity contribution in [3.8, 4) is 5.75 Å². The number of benzene rings is 1. The Labute approximate surface area is 143 Å². The van der Waals surface area contributed by atoms with Crippen LogP contribution in [0.1, 0.15) is 28.4 Å². The van der Waals surface area contributed by atoms with Gasteiger partial charge in [0, 0.05) is 18.9 Å². The van der Waals surface area contributed by atoms with Gasteiger partial charge in [0.1, 0.15) is 0 Å². The first kappa shape index (κ1) is 15.6. The highest BCUT2D eigenvalue weighted by molar-refractivity contribution is 5.97. The zero-order valence-corrected chi connectivity index (χ0v) is 13.9. The molecular formula is C17H17N3O5. The molecule has 0 N–H and O–H groups in total. The summed E-state index contributed by atoms with van der Waals surface area (Å²) in [6.07, 6.45) is -0.433. The maximum absolute atomic E-state index is 12.8. The van der Waals surface area contributed by atoms with Gasteiger partial charge in [0.05, 0.1) is 20.3 Å². The normalized spacial score (nSPS) is 17.8. The lowest BCUT2D eigenvalue weighted by molar-refractivity contribution is -0.0356. The number of rotatable bonds is 3. The lowest BCUT2D eigenvalue weighted by Gasteiger charge is -2.30. The van der Waals surface area contributed by atoms with Crippen molar-refractivity contribution in [2.45, 2.75) is 13.0 Å². The molecule has 1 aliphatic heterocycles. The molecule has 1 aromatic carbocycles. The van der Waals surface area contributed by atoms with E-state index in [4.69, 9.17) is 18.3 Å². The van der Waals surface area contributed by atoms with Crippen LogP contribution in [0.5, 0.6) is 5.75 Å². The van der Waals surface area contributed by atoms with Crippen molar-refractivity contribution in [1.82, 2.24) is 15.1 Å². The van der Waals surface area contributed by atoms with Crippen LogP contribution in [0.2, 0.25) is 0 Å². The van der Waals surface area contributed by atoms with E-state index in [1.807, 2.05) is 12.1 Å². The highest BCUT2D eigenvalue weighted by atomic mass is 16.5. The number of nitrogens with zero attached hydrogens (tertiary/aromatic N) is 3. The van der Waals surface area contributed by atoms with Crippen LogP contribution in [0.25, 0.3) is 11.0 Å². The summed E-state index contributed by atoms with van der Waals surface area (Å²) in [6, 6.07) is 7.25. The molecular weight excluding hydrogens is 326 g/mol. The number of methoxy groups -OCH3 is 1. The number of furan rings is 1. The molecule has 8 nitrogen and oxygen atoms in total. The van der Waals surface area contributed by atoms with Crippen molar-refractivity contribution in [2.24, 2.45) is 0 Å². The quantitative estimate of drug-likeness (QED) is 0.721. The summed E-state index contributed by atoms with van der Waals surface area (Å²) in [6.45, 7) is 2.90. The van der Waals surface area contributed by atoms with Crippen molar-refractivity contribution in [3.05, 3.63) is 41.8 Å². The smallest absolute Gasteiger partial charge is 0.289 e. The van der Waals surface area contributed by atoms with Crippen molar-refractivity contribution >= 4 is 16.9 Å². The summed E-state index contributed by atoms with van der Waals surface area (Å²) in [5.74, 6) is 1.50. The Bertz CT molecular complexity index is 916. The van der Waals surface area contributed by atoms with Gasteiger partial charge in [-0.25, -0.2) is 0 Å². The number of carbonyl (C=O) groups excluding carboxylic acids is 1. The molecule has 25 heavy (non-hydrogen) atoms. The monoisotopic (exact) mass is 343 g/mol. The number of fused-ring (bicyclic) bond motifs is 1. The van der Waals surface area contributed by atoms with Crippen molar-refractivity contribution in [1.29, 1.82) is 0 Å². The fraction of sp³-hybridized carbons (Fsp3) is 0.353. The minimum atomic E-state index is -0.433. The maximum atomic E-state index is 12.8. The lowest BCUT2D eigenvalue weighted by Crippen LogP contribution is -2.42. The first-order valence-corrected chi connectivity index (χ1v) is 7.93. The summed E-state index contributed by atoms with van der Waals surface area (Å²) < 4.78 is 22.1. The number of aromatic nitrogens is 2. The first-order valence-electron chi connectivity index (χ1n) is 7.93. The van der Waals surface area contributed by atoms with Crippen molar-refractivity contribution < 1.29 is 23.1 Å². The van der Waals surface area contributed by atoms with E-state index in [9.17, 15) is 4.79 Å². The third-order valence-electron chi connectivity index (χ3n) is 4.11. The predicted octanol–water partition coefficient (Wildman–Crippen LogP) is 2.35. The van der Waals surface area contributed by atoms with E-state index < -0.39 is 6.10 Å². The topological polar surface area (TPSA) is 90.8 Å². The van der Waals surface area contributed by atoms with Gasteiger partial charge in [-0.1, -0.05) is 12.1 Å². The fourth-order valence-corrected chi connectivity index (χ4v) is 2.88. The van der Waals surface area contributed by atoms with Gasteiger partial charge >= 0.3 is 0 Å². The summed E-state index contributed by atoms with van der Waals surface area (Å²) in [7, 11) is 1.57. The Balaban J connectivity index is 1.58. The Kier molecular flexibility index (Phi) is 3.89. The number of aryl methyl sites for hydroxylation is 1. The number of para-hydroxylation sites is 1. The Morgan fingerprint density at radius 1 is 1.32 bits per heavy atom. The van der Waals surface area contributed by atoms with Crippen LogP contribution in [0.4, 0.5) is 0 Å². The number of hydrogen-bond acceptors (Lipinski definition) is 7. The number of carbonyl (C=O) groups is 1. The standard InChI is InChI=1S/C17H17N3O5/c1-10-18-19-16(24-10)14-9-20(6-7-23-14)17(21)13-8-11-4-3-5-12(22-2)15(11)25-13/h3-5,8,14H,6-7,9H2,1-2H3/t14-/m0/s1. The number of morpholine rings is 1. The molecule has 1 atom stereocenters. The molecule has 0 saturated carbocycles. The van der Waals surface area contributed by atoms with Gasteiger partial charge in [0.25, 0.3) is 5.91 Å². The van der Waals surface area contributed by atoms with Crippen LogP contribution in [0, 0.1) is 6.92 Å². The molecule has 4 rings (SSSR count). The molecule has 130 valence electrons. The third-order valence-corrected chi connectivity index (χ3v) is 4.11. The molecule has 0 bridgehead atoms. The zero-order valence-electron chi connectivity index (χ0n) is 13.9. The first-order chi connectivity index (χ1) is 12.2. The van der Waals surface area contributed by atoms with Crippen LogP contribution in [-0.4, -0.2) is 47.8 Å². The van der Waals surface area contributed by atoms with E-state index in [-0.39, 0.29) is 11.7 Å². The average molecular weight is 343 g/mol. The largest absolute Gasteiger partial charge is 0.493 e. The molecule has 1 saturated heterocycles. The van der Waals surface area contributed by atoms with E-state index in [0.29, 0.717) is 42.8 Å². The molecule has 0 spiro atoms. The molecule has 1 aliphatic rings. The minimum absolute atomic E-state index is 0.206.